The van der Waals surface area contributed by atoms with Gasteiger partial charge in [0.2, 0.25) is 0 Å². The van der Waals surface area contributed by atoms with Crippen LogP contribution in [0.15, 0.2) is 22.6 Å². The van der Waals surface area contributed by atoms with E-state index in [2.05, 4.69) is 10.3 Å². The molecule has 8 heteroatoms. The Morgan fingerprint density at radius 1 is 1.50 bits per heavy atom. The third kappa shape index (κ3) is 1.97. The van der Waals surface area contributed by atoms with Crippen molar-refractivity contribution >= 4 is 28.2 Å². The zero-order chi connectivity index (χ0) is 14.3. The number of hydrogen-bond acceptors (Lipinski definition) is 5. The molecular weight excluding hydrogens is 282 g/mol. The first-order chi connectivity index (χ1) is 9.53. The molecule has 2 N–H and O–H groups in total. The number of carbonyl (C=O) groups excluding carboxylic acids is 1. The van der Waals surface area contributed by atoms with E-state index in [1.807, 2.05) is 0 Å². The van der Waals surface area contributed by atoms with Crippen LogP contribution in [0.2, 0.25) is 0 Å². The minimum Gasteiger partial charge on any atom is -0.481 e. The Hall–Kier alpha value is -2.22. The summed E-state index contributed by atoms with van der Waals surface area (Å²) in [5.41, 5.74) is -1.39. The topological polar surface area (TPSA) is 101 Å². The number of carboxylic acid groups (broad SMARTS) is 1. The van der Waals surface area contributed by atoms with Crippen LogP contribution in [0.25, 0.3) is 4.96 Å². The van der Waals surface area contributed by atoms with Gasteiger partial charge < -0.3 is 10.4 Å². The lowest BCUT2D eigenvalue weighted by Gasteiger charge is -2.10. The Morgan fingerprint density at radius 2 is 2.25 bits per heavy atom. The maximum atomic E-state index is 12.1. The van der Waals surface area contributed by atoms with Gasteiger partial charge in [0.15, 0.2) is 4.96 Å². The molecule has 0 saturated heterocycles. The van der Waals surface area contributed by atoms with Gasteiger partial charge in [-0.15, -0.1) is 11.3 Å². The van der Waals surface area contributed by atoms with Crippen LogP contribution in [-0.2, 0) is 4.79 Å². The zero-order valence-electron chi connectivity index (χ0n) is 10.3. The maximum absolute atomic E-state index is 12.1. The number of nitrogens with one attached hydrogen (secondary N) is 1. The van der Waals surface area contributed by atoms with Crippen LogP contribution in [0.5, 0.6) is 0 Å². The number of aliphatic carboxylic acids is 1. The van der Waals surface area contributed by atoms with Crippen molar-refractivity contribution in [2.45, 2.75) is 12.8 Å². The van der Waals surface area contributed by atoms with Crippen molar-refractivity contribution in [2.75, 3.05) is 6.54 Å². The minimum atomic E-state index is -0.916. The fraction of sp³-hybridized carbons (Fsp3) is 0.333. The number of carbonyl (C=O) groups is 2. The summed E-state index contributed by atoms with van der Waals surface area (Å²) in [5.74, 6) is -1.50. The van der Waals surface area contributed by atoms with Crippen molar-refractivity contribution in [1.29, 1.82) is 0 Å². The van der Waals surface area contributed by atoms with Crippen molar-refractivity contribution in [3.8, 4) is 0 Å². The van der Waals surface area contributed by atoms with Crippen LogP contribution in [0, 0.1) is 5.41 Å². The molecule has 0 spiro atoms. The predicted molar refractivity (Wildman–Crippen MR) is 71.0 cm³/mol. The van der Waals surface area contributed by atoms with E-state index in [1.165, 1.54) is 21.9 Å². The Labute approximate surface area is 116 Å². The van der Waals surface area contributed by atoms with Crippen molar-refractivity contribution in [2.24, 2.45) is 5.41 Å². The smallest absolute Gasteiger partial charge is 0.311 e. The van der Waals surface area contributed by atoms with Gasteiger partial charge in [-0.3, -0.25) is 18.8 Å². The zero-order valence-corrected chi connectivity index (χ0v) is 11.1. The van der Waals surface area contributed by atoms with Crippen molar-refractivity contribution < 1.29 is 14.7 Å². The third-order valence-electron chi connectivity index (χ3n) is 3.48. The first kappa shape index (κ1) is 12.8. The van der Waals surface area contributed by atoms with E-state index in [9.17, 15) is 14.4 Å². The van der Waals surface area contributed by atoms with Crippen LogP contribution in [-0.4, -0.2) is 32.9 Å². The predicted octanol–water partition coefficient (Wildman–Crippen LogP) is 0.351. The number of amides is 1. The van der Waals surface area contributed by atoms with E-state index in [-0.39, 0.29) is 12.1 Å². The molecule has 2 aromatic heterocycles. The van der Waals surface area contributed by atoms with E-state index in [1.54, 1.807) is 11.6 Å². The summed E-state index contributed by atoms with van der Waals surface area (Å²) in [6.45, 7) is 0.0347. The second kappa shape index (κ2) is 4.41. The number of hydrogen-bond donors (Lipinski definition) is 2. The highest BCUT2D eigenvalue weighted by Gasteiger charge is 2.50. The fourth-order valence-corrected chi connectivity index (χ4v) is 2.62. The largest absolute Gasteiger partial charge is 0.481 e. The maximum Gasteiger partial charge on any atom is 0.311 e. The molecule has 1 fully saturated rings. The molecule has 0 atom stereocenters. The minimum absolute atomic E-state index is 0.0347. The number of rotatable bonds is 4. The first-order valence-electron chi connectivity index (χ1n) is 6.00. The third-order valence-corrected chi connectivity index (χ3v) is 4.25. The monoisotopic (exact) mass is 293 g/mol. The molecule has 0 unspecified atom stereocenters. The van der Waals surface area contributed by atoms with Crippen molar-refractivity contribution in [3.63, 3.8) is 0 Å². The van der Waals surface area contributed by atoms with Gasteiger partial charge in [-0.05, 0) is 12.8 Å². The standard InChI is InChI=1S/C12H11N3O4S/c16-8(14-6-12(1-2-12)10(18)19)7-5-13-11-15(9(7)17)3-4-20-11/h3-5H,1-2,6H2,(H,14,16)(H,18,19). The SMILES string of the molecule is O=C(NCC1(C(=O)O)CC1)c1cnc2sccn2c1=O. The number of nitrogens with zero attached hydrogens (tertiary/aromatic N) is 2. The molecule has 1 aliphatic carbocycles. The molecule has 2 aromatic rings. The quantitative estimate of drug-likeness (QED) is 0.847. The molecule has 0 bridgehead atoms. The van der Waals surface area contributed by atoms with Gasteiger partial charge in [0.25, 0.3) is 11.5 Å². The van der Waals surface area contributed by atoms with E-state index in [0.717, 1.165) is 0 Å². The molecule has 20 heavy (non-hydrogen) atoms. The lowest BCUT2D eigenvalue weighted by molar-refractivity contribution is -0.143. The Kier molecular flexibility index (Phi) is 2.82. The van der Waals surface area contributed by atoms with Crippen LogP contribution >= 0.6 is 11.3 Å². The van der Waals surface area contributed by atoms with Crippen LogP contribution < -0.4 is 10.9 Å². The lowest BCUT2D eigenvalue weighted by Crippen LogP contribution is -2.37. The summed E-state index contributed by atoms with van der Waals surface area (Å²) in [5, 5.41) is 13.2. The second-order valence-electron chi connectivity index (χ2n) is 4.80. The summed E-state index contributed by atoms with van der Waals surface area (Å²) < 4.78 is 1.30. The van der Waals surface area contributed by atoms with E-state index < -0.39 is 22.9 Å². The summed E-state index contributed by atoms with van der Waals surface area (Å²) >= 11 is 1.30. The molecule has 2 heterocycles. The van der Waals surface area contributed by atoms with Gasteiger partial charge in [-0.2, -0.15) is 0 Å². The van der Waals surface area contributed by atoms with Gasteiger partial charge in [0.05, 0.1) is 5.41 Å². The van der Waals surface area contributed by atoms with E-state index >= 15 is 0 Å². The van der Waals surface area contributed by atoms with Crippen molar-refractivity contribution in [3.05, 3.63) is 33.7 Å². The normalized spacial score (nSPS) is 16.0. The molecule has 0 aliphatic heterocycles. The average Bonchev–Trinajstić information content (AvgIpc) is 3.06. The van der Waals surface area contributed by atoms with E-state index in [0.29, 0.717) is 17.8 Å². The van der Waals surface area contributed by atoms with Crippen LogP contribution in [0.3, 0.4) is 0 Å². The van der Waals surface area contributed by atoms with Gasteiger partial charge in [-0.25, -0.2) is 4.98 Å². The van der Waals surface area contributed by atoms with Gasteiger partial charge in [0, 0.05) is 24.3 Å². The summed E-state index contributed by atoms with van der Waals surface area (Å²) in [4.78, 5) is 39.6. The number of aromatic nitrogens is 2. The molecule has 0 radical (unpaired) electrons. The number of carboxylic acids is 1. The Morgan fingerprint density at radius 3 is 2.90 bits per heavy atom. The lowest BCUT2D eigenvalue weighted by atomic mass is 10.1. The van der Waals surface area contributed by atoms with E-state index in [4.69, 9.17) is 5.11 Å². The molecule has 104 valence electrons. The Bertz CT molecular complexity index is 759. The summed E-state index contributed by atoms with van der Waals surface area (Å²) in [7, 11) is 0. The molecule has 1 amide bonds. The summed E-state index contributed by atoms with van der Waals surface area (Å²) in [6.07, 6.45) is 3.86. The fourth-order valence-electron chi connectivity index (χ4n) is 1.94. The molecule has 1 aliphatic rings. The first-order valence-corrected chi connectivity index (χ1v) is 6.88. The van der Waals surface area contributed by atoms with Crippen molar-refractivity contribution in [1.82, 2.24) is 14.7 Å². The van der Waals surface area contributed by atoms with Crippen LogP contribution in [0.4, 0.5) is 0 Å². The highest BCUT2D eigenvalue weighted by atomic mass is 32.1. The highest BCUT2D eigenvalue weighted by molar-refractivity contribution is 7.15. The average molecular weight is 293 g/mol. The number of thiazole rings is 1. The Balaban J connectivity index is 1.81. The molecule has 3 rings (SSSR count). The van der Waals surface area contributed by atoms with Crippen LogP contribution in [0.1, 0.15) is 23.2 Å². The molecule has 0 aromatic carbocycles. The second-order valence-corrected chi connectivity index (χ2v) is 5.67. The molecular formula is C12H11N3O4S. The van der Waals surface area contributed by atoms with Gasteiger partial charge >= 0.3 is 5.97 Å². The molecule has 1 saturated carbocycles. The number of fused-ring (bicyclic) bond motifs is 1. The van der Waals surface area contributed by atoms with Gasteiger partial charge in [0.1, 0.15) is 5.56 Å². The summed E-state index contributed by atoms with van der Waals surface area (Å²) in [6, 6.07) is 0. The van der Waals surface area contributed by atoms with Gasteiger partial charge in [-0.1, -0.05) is 0 Å². The highest BCUT2D eigenvalue weighted by Crippen LogP contribution is 2.45. The molecule has 7 nitrogen and oxygen atoms in total.